The fourth-order valence-corrected chi connectivity index (χ4v) is 2.04. The normalized spacial score (nSPS) is 11.8. The average Bonchev–Trinajstić information content (AvgIpc) is 2.50. The fraction of sp³-hybridized carbons (Fsp3) is 0.235. The van der Waals surface area contributed by atoms with Gasteiger partial charge < -0.3 is 15.7 Å². The van der Waals surface area contributed by atoms with E-state index in [1.807, 2.05) is 62.4 Å². The Morgan fingerprint density at radius 2 is 1.81 bits per heavy atom. The molecule has 1 atom stereocenters. The molecule has 0 saturated carbocycles. The van der Waals surface area contributed by atoms with Crippen LogP contribution in [0.5, 0.6) is 0 Å². The van der Waals surface area contributed by atoms with Crippen LogP contribution in [0.2, 0.25) is 0 Å². The summed E-state index contributed by atoms with van der Waals surface area (Å²) >= 11 is 0. The molecule has 110 valence electrons. The monoisotopic (exact) mass is 284 g/mol. The molecule has 4 nitrogen and oxygen atoms in total. The number of carbonyl (C=O) groups excluding carboxylic acids is 1. The van der Waals surface area contributed by atoms with Crippen LogP contribution < -0.4 is 10.6 Å². The maximum atomic E-state index is 11.9. The minimum atomic E-state index is -0.712. The third-order valence-corrected chi connectivity index (χ3v) is 3.49. The molecule has 2 aromatic carbocycles. The number of benzene rings is 2. The van der Waals surface area contributed by atoms with E-state index in [0.29, 0.717) is 0 Å². The van der Waals surface area contributed by atoms with E-state index in [2.05, 4.69) is 10.6 Å². The molecule has 21 heavy (non-hydrogen) atoms. The second kappa shape index (κ2) is 6.90. The van der Waals surface area contributed by atoms with Gasteiger partial charge in [0, 0.05) is 12.2 Å². The number of nitrogens with one attached hydrogen (secondary N) is 2. The maximum Gasteiger partial charge on any atom is 0.319 e. The van der Waals surface area contributed by atoms with Crippen LogP contribution in [0.15, 0.2) is 48.5 Å². The fourth-order valence-electron chi connectivity index (χ4n) is 2.04. The zero-order valence-corrected chi connectivity index (χ0v) is 12.3. The lowest BCUT2D eigenvalue weighted by Gasteiger charge is -2.14. The molecule has 1 unspecified atom stereocenters. The van der Waals surface area contributed by atoms with Crippen LogP contribution in [0.4, 0.5) is 10.5 Å². The van der Waals surface area contributed by atoms with Gasteiger partial charge in [-0.25, -0.2) is 4.79 Å². The summed E-state index contributed by atoms with van der Waals surface area (Å²) in [5.41, 5.74) is 3.72. The molecule has 0 saturated heterocycles. The van der Waals surface area contributed by atoms with Crippen molar-refractivity contribution in [1.29, 1.82) is 0 Å². The van der Waals surface area contributed by atoms with Gasteiger partial charge in [0.15, 0.2) is 0 Å². The highest BCUT2D eigenvalue weighted by Gasteiger charge is 2.10. The Balaban J connectivity index is 1.89. The molecule has 0 fully saturated rings. The Bertz CT molecular complexity index is 611. The van der Waals surface area contributed by atoms with Gasteiger partial charge in [-0.15, -0.1) is 0 Å². The number of rotatable bonds is 4. The Hall–Kier alpha value is -2.33. The highest BCUT2D eigenvalue weighted by atomic mass is 16.3. The first-order valence-corrected chi connectivity index (χ1v) is 6.92. The molecule has 0 aliphatic heterocycles. The maximum absolute atomic E-state index is 11.9. The van der Waals surface area contributed by atoms with Crippen LogP contribution in [0.25, 0.3) is 0 Å². The summed E-state index contributed by atoms with van der Waals surface area (Å²) in [5.74, 6) is 0. The van der Waals surface area contributed by atoms with Gasteiger partial charge >= 0.3 is 6.03 Å². The van der Waals surface area contributed by atoms with Crippen molar-refractivity contribution >= 4 is 11.7 Å². The SMILES string of the molecule is Cc1cccc(NC(=O)NCC(O)c2ccccc2)c1C. The standard InChI is InChI=1S/C17H20N2O2/c1-12-7-6-10-15(13(12)2)19-17(21)18-11-16(20)14-8-4-3-5-9-14/h3-10,16,20H,11H2,1-2H3,(H2,18,19,21). The van der Waals surface area contributed by atoms with Crippen molar-refractivity contribution in [2.75, 3.05) is 11.9 Å². The van der Waals surface area contributed by atoms with E-state index in [-0.39, 0.29) is 12.6 Å². The zero-order chi connectivity index (χ0) is 15.2. The Morgan fingerprint density at radius 3 is 2.52 bits per heavy atom. The van der Waals surface area contributed by atoms with Crippen LogP contribution in [-0.4, -0.2) is 17.7 Å². The van der Waals surface area contributed by atoms with Gasteiger partial charge in [-0.3, -0.25) is 0 Å². The molecule has 0 aromatic heterocycles. The molecule has 2 amide bonds. The van der Waals surface area contributed by atoms with Crippen LogP contribution in [0.1, 0.15) is 22.8 Å². The van der Waals surface area contributed by atoms with Gasteiger partial charge in [-0.1, -0.05) is 42.5 Å². The molecule has 4 heteroatoms. The van der Waals surface area contributed by atoms with Gasteiger partial charge in [0.25, 0.3) is 0 Å². The largest absolute Gasteiger partial charge is 0.387 e. The highest BCUT2D eigenvalue weighted by Crippen LogP contribution is 2.17. The van der Waals surface area contributed by atoms with Gasteiger partial charge in [-0.05, 0) is 36.6 Å². The van der Waals surface area contributed by atoms with Crippen LogP contribution in [0.3, 0.4) is 0 Å². The smallest absolute Gasteiger partial charge is 0.319 e. The highest BCUT2D eigenvalue weighted by molar-refractivity contribution is 5.90. The molecule has 0 spiro atoms. The lowest BCUT2D eigenvalue weighted by Crippen LogP contribution is -2.32. The van der Waals surface area contributed by atoms with E-state index in [4.69, 9.17) is 0 Å². The minimum Gasteiger partial charge on any atom is -0.387 e. The third kappa shape index (κ3) is 4.07. The molecule has 3 N–H and O–H groups in total. The average molecular weight is 284 g/mol. The van der Waals surface area contributed by atoms with E-state index >= 15 is 0 Å². The summed E-state index contributed by atoms with van der Waals surface area (Å²) in [6.07, 6.45) is -0.712. The van der Waals surface area contributed by atoms with Crippen molar-refractivity contribution in [3.05, 3.63) is 65.2 Å². The van der Waals surface area contributed by atoms with Crippen molar-refractivity contribution < 1.29 is 9.90 Å². The zero-order valence-electron chi connectivity index (χ0n) is 12.3. The van der Waals surface area contributed by atoms with Crippen molar-refractivity contribution in [3.8, 4) is 0 Å². The lowest BCUT2D eigenvalue weighted by atomic mass is 10.1. The predicted octanol–water partition coefficient (Wildman–Crippen LogP) is 3.16. The second-order valence-electron chi connectivity index (χ2n) is 5.01. The van der Waals surface area contributed by atoms with Gasteiger partial charge in [-0.2, -0.15) is 0 Å². The first-order chi connectivity index (χ1) is 10.1. The number of carbonyl (C=O) groups is 1. The molecule has 0 heterocycles. The number of anilines is 1. The number of urea groups is 1. The summed E-state index contributed by atoms with van der Waals surface area (Å²) in [6.45, 7) is 4.13. The Kier molecular flexibility index (Phi) is 4.95. The van der Waals surface area contributed by atoms with E-state index in [9.17, 15) is 9.90 Å². The topological polar surface area (TPSA) is 61.4 Å². The summed E-state index contributed by atoms with van der Waals surface area (Å²) < 4.78 is 0. The van der Waals surface area contributed by atoms with Crippen LogP contribution in [-0.2, 0) is 0 Å². The number of hydrogen-bond donors (Lipinski definition) is 3. The number of hydrogen-bond acceptors (Lipinski definition) is 2. The first kappa shape index (κ1) is 15.1. The van der Waals surface area contributed by atoms with Crippen LogP contribution in [0, 0.1) is 13.8 Å². The summed E-state index contributed by atoms with van der Waals surface area (Å²) in [6, 6.07) is 14.7. The number of aliphatic hydroxyl groups excluding tert-OH is 1. The molecular weight excluding hydrogens is 264 g/mol. The molecule has 0 aliphatic carbocycles. The number of aryl methyl sites for hydroxylation is 1. The number of amides is 2. The molecule has 2 rings (SSSR count). The minimum absolute atomic E-state index is 0.167. The summed E-state index contributed by atoms with van der Waals surface area (Å²) in [5, 5.41) is 15.5. The van der Waals surface area contributed by atoms with Crippen molar-refractivity contribution in [2.24, 2.45) is 0 Å². The van der Waals surface area contributed by atoms with Crippen molar-refractivity contribution in [1.82, 2.24) is 5.32 Å². The number of aliphatic hydroxyl groups is 1. The van der Waals surface area contributed by atoms with E-state index in [1.165, 1.54) is 0 Å². The van der Waals surface area contributed by atoms with E-state index in [1.54, 1.807) is 0 Å². The summed E-state index contributed by atoms with van der Waals surface area (Å²) in [4.78, 5) is 11.9. The Morgan fingerprint density at radius 1 is 1.10 bits per heavy atom. The molecule has 0 aliphatic rings. The van der Waals surface area contributed by atoms with Crippen molar-refractivity contribution in [3.63, 3.8) is 0 Å². The first-order valence-electron chi connectivity index (χ1n) is 6.92. The van der Waals surface area contributed by atoms with E-state index < -0.39 is 6.10 Å². The van der Waals surface area contributed by atoms with E-state index in [0.717, 1.165) is 22.4 Å². The quantitative estimate of drug-likeness (QED) is 0.807. The second-order valence-corrected chi connectivity index (χ2v) is 5.01. The molecule has 0 bridgehead atoms. The van der Waals surface area contributed by atoms with Gasteiger partial charge in [0.05, 0.1) is 6.10 Å². The van der Waals surface area contributed by atoms with Crippen LogP contribution >= 0.6 is 0 Å². The molecule has 0 radical (unpaired) electrons. The molecule has 2 aromatic rings. The lowest BCUT2D eigenvalue weighted by molar-refractivity contribution is 0.175. The predicted molar refractivity (Wildman–Crippen MR) is 84.3 cm³/mol. The summed E-state index contributed by atoms with van der Waals surface area (Å²) in [7, 11) is 0. The molecular formula is C17H20N2O2. The third-order valence-electron chi connectivity index (χ3n) is 3.49. The van der Waals surface area contributed by atoms with Gasteiger partial charge in [0.1, 0.15) is 0 Å². The van der Waals surface area contributed by atoms with Gasteiger partial charge in [0.2, 0.25) is 0 Å². The Labute approximate surface area is 124 Å². The van der Waals surface area contributed by atoms with Crippen molar-refractivity contribution in [2.45, 2.75) is 20.0 Å².